The summed E-state index contributed by atoms with van der Waals surface area (Å²) in [5.74, 6) is 0.385. The second kappa shape index (κ2) is 6.93. The standard InChI is InChI=1S/C11H22O2/c1-5-7-10(9(3)4)13-11(12)8-6-2/h9-10H,5-8H2,1-4H3. The van der Waals surface area contributed by atoms with Gasteiger partial charge in [-0.3, -0.25) is 4.79 Å². The quantitative estimate of drug-likeness (QED) is 0.596. The van der Waals surface area contributed by atoms with Crippen molar-refractivity contribution in [1.29, 1.82) is 0 Å². The van der Waals surface area contributed by atoms with Gasteiger partial charge in [0.15, 0.2) is 0 Å². The number of esters is 1. The van der Waals surface area contributed by atoms with Crippen molar-refractivity contribution in [2.24, 2.45) is 5.92 Å². The van der Waals surface area contributed by atoms with Crippen molar-refractivity contribution in [2.45, 2.75) is 59.5 Å². The summed E-state index contributed by atoms with van der Waals surface area (Å²) in [6.45, 7) is 8.30. The van der Waals surface area contributed by atoms with Crippen LogP contribution in [0, 0.1) is 5.92 Å². The monoisotopic (exact) mass is 186 g/mol. The van der Waals surface area contributed by atoms with Crippen molar-refractivity contribution >= 4 is 5.97 Å². The van der Waals surface area contributed by atoms with Gasteiger partial charge >= 0.3 is 5.97 Å². The van der Waals surface area contributed by atoms with Crippen LogP contribution >= 0.6 is 0 Å². The van der Waals surface area contributed by atoms with Crippen molar-refractivity contribution in [2.75, 3.05) is 0 Å². The average molecular weight is 186 g/mol. The molecule has 0 aliphatic rings. The molecule has 1 unspecified atom stereocenters. The third-order valence-corrected chi connectivity index (χ3v) is 2.05. The van der Waals surface area contributed by atoms with Crippen molar-refractivity contribution in [3.8, 4) is 0 Å². The smallest absolute Gasteiger partial charge is 0.306 e. The number of rotatable bonds is 6. The van der Waals surface area contributed by atoms with Gasteiger partial charge in [0.1, 0.15) is 6.10 Å². The molecule has 0 aromatic rings. The Hall–Kier alpha value is -0.530. The largest absolute Gasteiger partial charge is 0.462 e. The summed E-state index contributed by atoms with van der Waals surface area (Å²) in [7, 11) is 0. The molecule has 0 aromatic heterocycles. The third kappa shape index (κ3) is 5.67. The topological polar surface area (TPSA) is 26.3 Å². The van der Waals surface area contributed by atoms with Gasteiger partial charge in [0.05, 0.1) is 0 Å². The fraction of sp³-hybridized carbons (Fsp3) is 0.909. The maximum Gasteiger partial charge on any atom is 0.306 e. The molecule has 2 nitrogen and oxygen atoms in total. The maximum atomic E-state index is 11.2. The first-order valence-corrected chi connectivity index (χ1v) is 5.31. The van der Waals surface area contributed by atoms with E-state index in [0.717, 1.165) is 19.3 Å². The zero-order valence-corrected chi connectivity index (χ0v) is 9.30. The zero-order valence-electron chi connectivity index (χ0n) is 9.30. The van der Waals surface area contributed by atoms with E-state index in [9.17, 15) is 4.79 Å². The summed E-state index contributed by atoms with van der Waals surface area (Å²) in [6, 6.07) is 0. The molecule has 0 aliphatic carbocycles. The van der Waals surface area contributed by atoms with Gasteiger partial charge in [-0.05, 0) is 18.8 Å². The molecular weight excluding hydrogens is 164 g/mol. The zero-order chi connectivity index (χ0) is 10.3. The summed E-state index contributed by atoms with van der Waals surface area (Å²) in [5.41, 5.74) is 0. The van der Waals surface area contributed by atoms with Crippen LogP contribution in [0.5, 0.6) is 0 Å². The lowest BCUT2D eigenvalue weighted by molar-refractivity contribution is -0.151. The van der Waals surface area contributed by atoms with Crippen LogP contribution in [0.3, 0.4) is 0 Å². The van der Waals surface area contributed by atoms with Gasteiger partial charge < -0.3 is 4.74 Å². The third-order valence-electron chi connectivity index (χ3n) is 2.05. The molecule has 13 heavy (non-hydrogen) atoms. The molecule has 0 amide bonds. The minimum absolute atomic E-state index is 0.0466. The van der Waals surface area contributed by atoms with Gasteiger partial charge in [-0.15, -0.1) is 0 Å². The van der Waals surface area contributed by atoms with Crippen molar-refractivity contribution in [1.82, 2.24) is 0 Å². The Morgan fingerprint density at radius 1 is 1.23 bits per heavy atom. The van der Waals surface area contributed by atoms with Crippen LogP contribution in [0.15, 0.2) is 0 Å². The molecule has 0 N–H and O–H groups in total. The lowest BCUT2D eigenvalue weighted by Crippen LogP contribution is -2.23. The number of hydrogen-bond acceptors (Lipinski definition) is 2. The van der Waals surface area contributed by atoms with E-state index < -0.39 is 0 Å². The predicted molar refractivity (Wildman–Crippen MR) is 54.5 cm³/mol. The average Bonchev–Trinajstić information content (AvgIpc) is 2.04. The first-order valence-electron chi connectivity index (χ1n) is 5.31. The van der Waals surface area contributed by atoms with E-state index in [2.05, 4.69) is 20.8 Å². The van der Waals surface area contributed by atoms with Crippen LogP contribution in [0.4, 0.5) is 0 Å². The summed E-state index contributed by atoms with van der Waals surface area (Å²) in [5, 5.41) is 0. The normalized spacial score (nSPS) is 13.0. The predicted octanol–water partition coefficient (Wildman–Crippen LogP) is 3.15. The molecule has 2 heteroatoms. The molecule has 0 saturated heterocycles. The second-order valence-corrected chi connectivity index (χ2v) is 3.81. The first-order chi connectivity index (χ1) is 6.11. The molecule has 0 fully saturated rings. The molecule has 0 bridgehead atoms. The van der Waals surface area contributed by atoms with Gasteiger partial charge in [0.2, 0.25) is 0 Å². The molecule has 0 heterocycles. The Labute approximate surface area is 81.7 Å². The Morgan fingerprint density at radius 2 is 1.85 bits per heavy atom. The lowest BCUT2D eigenvalue weighted by atomic mass is 10.0. The number of hydrogen-bond donors (Lipinski definition) is 0. The molecule has 0 aliphatic heterocycles. The van der Waals surface area contributed by atoms with E-state index in [1.165, 1.54) is 0 Å². The molecule has 0 spiro atoms. The van der Waals surface area contributed by atoms with E-state index in [-0.39, 0.29) is 12.1 Å². The van der Waals surface area contributed by atoms with Crippen LogP contribution in [0.25, 0.3) is 0 Å². The SMILES string of the molecule is CCCC(=O)OC(CCC)C(C)C. The van der Waals surface area contributed by atoms with Crippen LogP contribution < -0.4 is 0 Å². The van der Waals surface area contributed by atoms with E-state index in [1.54, 1.807) is 0 Å². The van der Waals surface area contributed by atoms with E-state index in [0.29, 0.717) is 12.3 Å². The van der Waals surface area contributed by atoms with Gasteiger partial charge in [-0.1, -0.05) is 34.1 Å². The van der Waals surface area contributed by atoms with Crippen LogP contribution in [0.2, 0.25) is 0 Å². The van der Waals surface area contributed by atoms with E-state index in [4.69, 9.17) is 4.74 Å². The number of carbonyl (C=O) groups excluding carboxylic acids is 1. The Morgan fingerprint density at radius 3 is 2.23 bits per heavy atom. The lowest BCUT2D eigenvalue weighted by Gasteiger charge is -2.20. The highest BCUT2D eigenvalue weighted by Gasteiger charge is 2.16. The molecule has 0 aromatic carbocycles. The highest BCUT2D eigenvalue weighted by Crippen LogP contribution is 2.13. The van der Waals surface area contributed by atoms with Crippen LogP contribution in [-0.4, -0.2) is 12.1 Å². The summed E-state index contributed by atoms with van der Waals surface area (Å²) in [6.07, 6.45) is 3.59. The minimum Gasteiger partial charge on any atom is -0.462 e. The molecule has 0 rings (SSSR count). The first kappa shape index (κ1) is 12.5. The molecule has 1 atom stereocenters. The fourth-order valence-electron chi connectivity index (χ4n) is 1.24. The van der Waals surface area contributed by atoms with Crippen LogP contribution in [-0.2, 0) is 9.53 Å². The second-order valence-electron chi connectivity index (χ2n) is 3.81. The Kier molecular flexibility index (Phi) is 6.65. The molecule has 0 saturated carbocycles. The Balaban J connectivity index is 3.86. The van der Waals surface area contributed by atoms with Crippen molar-refractivity contribution in [3.05, 3.63) is 0 Å². The van der Waals surface area contributed by atoms with Gasteiger partial charge in [0, 0.05) is 6.42 Å². The molecule has 78 valence electrons. The molecular formula is C11H22O2. The summed E-state index contributed by atoms with van der Waals surface area (Å²) >= 11 is 0. The number of carbonyl (C=O) groups is 1. The maximum absolute atomic E-state index is 11.2. The van der Waals surface area contributed by atoms with Gasteiger partial charge in [-0.2, -0.15) is 0 Å². The number of ether oxygens (including phenoxy) is 1. The van der Waals surface area contributed by atoms with Gasteiger partial charge in [-0.25, -0.2) is 0 Å². The summed E-state index contributed by atoms with van der Waals surface area (Å²) < 4.78 is 5.35. The summed E-state index contributed by atoms with van der Waals surface area (Å²) in [4.78, 5) is 11.2. The molecule has 0 radical (unpaired) electrons. The van der Waals surface area contributed by atoms with E-state index in [1.807, 2.05) is 6.92 Å². The van der Waals surface area contributed by atoms with Gasteiger partial charge in [0.25, 0.3) is 0 Å². The highest BCUT2D eigenvalue weighted by atomic mass is 16.5. The van der Waals surface area contributed by atoms with E-state index >= 15 is 0 Å². The van der Waals surface area contributed by atoms with Crippen LogP contribution in [0.1, 0.15) is 53.4 Å². The minimum atomic E-state index is -0.0466. The van der Waals surface area contributed by atoms with Crippen molar-refractivity contribution in [3.63, 3.8) is 0 Å². The highest BCUT2D eigenvalue weighted by molar-refractivity contribution is 5.69. The van der Waals surface area contributed by atoms with Crippen molar-refractivity contribution < 1.29 is 9.53 Å². The Bertz CT molecular complexity index is 141. The fourth-order valence-corrected chi connectivity index (χ4v) is 1.24.